The van der Waals surface area contributed by atoms with E-state index in [9.17, 15) is 10.2 Å². The summed E-state index contributed by atoms with van der Waals surface area (Å²) in [5.74, 6) is 1.21. The van der Waals surface area contributed by atoms with Crippen molar-refractivity contribution in [3.05, 3.63) is 23.8 Å². The van der Waals surface area contributed by atoms with Crippen molar-refractivity contribution in [2.45, 2.75) is 32.5 Å². The van der Waals surface area contributed by atoms with Crippen molar-refractivity contribution in [3.63, 3.8) is 0 Å². The molecule has 0 spiro atoms. The average Bonchev–Trinajstić information content (AvgIpc) is 2.35. The molecule has 0 bridgehead atoms. The smallest absolute Gasteiger partial charge is 0.128 e. The number of benzene rings is 1. The average molecular weight is 240 g/mol. The highest BCUT2D eigenvalue weighted by atomic mass is 16.5. The van der Waals surface area contributed by atoms with E-state index in [0.717, 1.165) is 0 Å². The Morgan fingerprint density at radius 2 is 2.00 bits per heavy atom. The lowest BCUT2D eigenvalue weighted by atomic mass is 10.1. The van der Waals surface area contributed by atoms with Crippen LogP contribution in [0.25, 0.3) is 0 Å². The Bertz CT molecular complexity index is 349. The van der Waals surface area contributed by atoms with Gasteiger partial charge in [-0.2, -0.15) is 0 Å². The highest BCUT2D eigenvalue weighted by molar-refractivity contribution is 5.41. The Balaban J connectivity index is 2.85. The Morgan fingerprint density at radius 3 is 2.53 bits per heavy atom. The van der Waals surface area contributed by atoms with Gasteiger partial charge in [-0.1, -0.05) is 6.92 Å². The van der Waals surface area contributed by atoms with E-state index in [2.05, 4.69) is 0 Å². The Labute approximate surface area is 102 Å². The van der Waals surface area contributed by atoms with Crippen LogP contribution in [0, 0.1) is 0 Å². The molecule has 4 heteroatoms. The van der Waals surface area contributed by atoms with Gasteiger partial charge in [0, 0.05) is 11.6 Å². The first kappa shape index (κ1) is 13.8. The number of aliphatic hydroxyl groups is 2. The van der Waals surface area contributed by atoms with Crippen molar-refractivity contribution in [1.82, 2.24) is 0 Å². The first-order valence-electron chi connectivity index (χ1n) is 5.75. The van der Waals surface area contributed by atoms with Crippen LogP contribution in [0.4, 0.5) is 0 Å². The monoisotopic (exact) mass is 240 g/mol. The fourth-order valence-electron chi connectivity index (χ4n) is 1.42. The summed E-state index contributed by atoms with van der Waals surface area (Å²) >= 11 is 0. The van der Waals surface area contributed by atoms with Crippen molar-refractivity contribution in [3.8, 4) is 11.5 Å². The minimum atomic E-state index is -0.616. The van der Waals surface area contributed by atoms with Crippen LogP contribution in [0.1, 0.15) is 31.9 Å². The van der Waals surface area contributed by atoms with Crippen LogP contribution in [-0.2, 0) is 0 Å². The summed E-state index contributed by atoms with van der Waals surface area (Å²) in [6.45, 7) is 3.77. The van der Waals surface area contributed by atoms with Crippen LogP contribution in [0.3, 0.4) is 0 Å². The van der Waals surface area contributed by atoms with E-state index in [1.165, 1.54) is 0 Å². The standard InChI is InChI=1S/C13H20O4/c1-4-10(15)8-17-13-7-11(16-3)5-6-12(13)9(2)14/h5-7,9-10,14-15H,4,8H2,1-3H3/t9-,10?/m1/s1. The maximum atomic E-state index is 9.61. The number of methoxy groups -OCH3 is 1. The summed E-state index contributed by atoms with van der Waals surface area (Å²) < 4.78 is 10.6. The molecule has 0 amide bonds. The molecule has 0 saturated heterocycles. The normalized spacial score (nSPS) is 14.2. The third-order valence-corrected chi connectivity index (χ3v) is 2.57. The predicted octanol–water partition coefficient (Wildman–Crippen LogP) is 1.90. The molecule has 0 fully saturated rings. The lowest BCUT2D eigenvalue weighted by Gasteiger charge is -2.16. The first-order chi connectivity index (χ1) is 8.08. The molecule has 1 rings (SSSR count). The van der Waals surface area contributed by atoms with Crippen LogP contribution in [0.15, 0.2) is 18.2 Å². The molecule has 2 atom stereocenters. The van der Waals surface area contributed by atoms with Gasteiger partial charge in [-0.25, -0.2) is 0 Å². The van der Waals surface area contributed by atoms with Crippen LogP contribution < -0.4 is 9.47 Å². The van der Waals surface area contributed by atoms with Gasteiger partial charge in [-0.05, 0) is 25.5 Å². The highest BCUT2D eigenvalue weighted by Crippen LogP contribution is 2.29. The van der Waals surface area contributed by atoms with Gasteiger partial charge in [0.25, 0.3) is 0 Å². The molecule has 0 radical (unpaired) electrons. The lowest BCUT2D eigenvalue weighted by Crippen LogP contribution is -2.17. The van der Waals surface area contributed by atoms with Crippen molar-refractivity contribution < 1.29 is 19.7 Å². The summed E-state index contributed by atoms with van der Waals surface area (Å²) in [5, 5.41) is 19.1. The van der Waals surface area contributed by atoms with E-state index < -0.39 is 12.2 Å². The van der Waals surface area contributed by atoms with Gasteiger partial charge in [-0.3, -0.25) is 0 Å². The lowest BCUT2D eigenvalue weighted by molar-refractivity contribution is 0.101. The number of hydrogen-bond acceptors (Lipinski definition) is 4. The molecular weight excluding hydrogens is 220 g/mol. The molecule has 0 aliphatic heterocycles. The Kier molecular flexibility index (Phi) is 5.25. The van der Waals surface area contributed by atoms with E-state index in [-0.39, 0.29) is 6.61 Å². The Hall–Kier alpha value is -1.26. The molecule has 2 N–H and O–H groups in total. The molecule has 4 nitrogen and oxygen atoms in total. The zero-order valence-corrected chi connectivity index (χ0v) is 10.5. The molecule has 0 saturated carbocycles. The molecular formula is C13H20O4. The maximum Gasteiger partial charge on any atom is 0.128 e. The second kappa shape index (κ2) is 6.47. The molecule has 96 valence electrons. The second-order valence-corrected chi connectivity index (χ2v) is 3.95. The van der Waals surface area contributed by atoms with Crippen LogP contribution in [0.2, 0.25) is 0 Å². The molecule has 0 aliphatic rings. The summed E-state index contributed by atoms with van der Waals surface area (Å²) in [7, 11) is 1.57. The topological polar surface area (TPSA) is 58.9 Å². The summed E-state index contributed by atoms with van der Waals surface area (Å²) in [6, 6.07) is 5.24. The van der Waals surface area contributed by atoms with Gasteiger partial charge in [0.05, 0.1) is 19.3 Å². The van der Waals surface area contributed by atoms with E-state index in [0.29, 0.717) is 23.5 Å². The SMILES string of the molecule is CCC(O)COc1cc(OC)ccc1[C@@H](C)O. The zero-order valence-electron chi connectivity index (χ0n) is 10.5. The predicted molar refractivity (Wildman–Crippen MR) is 65.4 cm³/mol. The van der Waals surface area contributed by atoms with Crippen LogP contribution >= 0.6 is 0 Å². The third-order valence-electron chi connectivity index (χ3n) is 2.57. The second-order valence-electron chi connectivity index (χ2n) is 3.95. The summed E-state index contributed by atoms with van der Waals surface area (Å²) in [5.41, 5.74) is 0.689. The van der Waals surface area contributed by atoms with Gasteiger partial charge in [0.1, 0.15) is 18.1 Å². The fourth-order valence-corrected chi connectivity index (χ4v) is 1.42. The van der Waals surface area contributed by atoms with Crippen molar-refractivity contribution in [2.24, 2.45) is 0 Å². The molecule has 0 heterocycles. The third kappa shape index (κ3) is 3.91. The molecule has 0 aliphatic carbocycles. The van der Waals surface area contributed by atoms with Gasteiger partial charge >= 0.3 is 0 Å². The zero-order chi connectivity index (χ0) is 12.8. The van der Waals surface area contributed by atoms with Crippen LogP contribution in [0.5, 0.6) is 11.5 Å². The summed E-state index contributed by atoms with van der Waals surface area (Å²) in [4.78, 5) is 0. The van der Waals surface area contributed by atoms with Crippen LogP contribution in [-0.4, -0.2) is 30.0 Å². The molecule has 17 heavy (non-hydrogen) atoms. The highest BCUT2D eigenvalue weighted by Gasteiger charge is 2.12. The first-order valence-corrected chi connectivity index (χ1v) is 5.75. The van der Waals surface area contributed by atoms with Gasteiger partial charge in [-0.15, -0.1) is 0 Å². The largest absolute Gasteiger partial charge is 0.497 e. The number of aliphatic hydroxyl groups excluding tert-OH is 2. The van der Waals surface area contributed by atoms with E-state index in [1.807, 2.05) is 6.92 Å². The molecule has 1 aromatic carbocycles. The van der Waals surface area contributed by atoms with E-state index in [4.69, 9.17) is 9.47 Å². The number of rotatable bonds is 6. The van der Waals surface area contributed by atoms with Gasteiger partial charge in [0.15, 0.2) is 0 Å². The summed E-state index contributed by atoms with van der Waals surface area (Å²) in [6.07, 6.45) is -0.480. The van der Waals surface area contributed by atoms with Gasteiger partial charge in [0.2, 0.25) is 0 Å². The fraction of sp³-hybridized carbons (Fsp3) is 0.538. The molecule has 1 aromatic rings. The molecule has 1 unspecified atom stereocenters. The van der Waals surface area contributed by atoms with Crippen molar-refractivity contribution in [1.29, 1.82) is 0 Å². The number of ether oxygens (including phenoxy) is 2. The quantitative estimate of drug-likeness (QED) is 0.797. The number of hydrogen-bond donors (Lipinski definition) is 2. The minimum Gasteiger partial charge on any atom is -0.497 e. The van der Waals surface area contributed by atoms with E-state index >= 15 is 0 Å². The minimum absolute atomic E-state index is 0.212. The van der Waals surface area contributed by atoms with Gasteiger partial charge < -0.3 is 19.7 Å². The van der Waals surface area contributed by atoms with E-state index in [1.54, 1.807) is 32.2 Å². The van der Waals surface area contributed by atoms with Crippen molar-refractivity contribution in [2.75, 3.05) is 13.7 Å². The maximum absolute atomic E-state index is 9.61. The molecule has 0 aromatic heterocycles. The Morgan fingerprint density at radius 1 is 1.29 bits per heavy atom. The van der Waals surface area contributed by atoms with Crippen molar-refractivity contribution >= 4 is 0 Å².